The zero-order valence-electron chi connectivity index (χ0n) is 15.5. The van der Waals surface area contributed by atoms with E-state index in [-0.39, 0.29) is 0 Å². The average Bonchev–Trinajstić information content (AvgIpc) is 3.08. The largest absolute Gasteiger partial charge is 0.493 e. The number of anilines is 1. The molecule has 2 aromatic heterocycles. The predicted octanol–water partition coefficient (Wildman–Crippen LogP) is 2.49. The molecular weight excluding hydrogens is 338 g/mol. The fourth-order valence-electron chi connectivity index (χ4n) is 4.22. The highest BCUT2D eigenvalue weighted by atomic mass is 16.5. The van der Waals surface area contributed by atoms with E-state index in [0.29, 0.717) is 5.92 Å². The lowest BCUT2D eigenvalue weighted by molar-refractivity contribution is 0.200. The van der Waals surface area contributed by atoms with Crippen LogP contribution in [0.25, 0.3) is 5.65 Å². The third kappa shape index (κ3) is 3.49. The van der Waals surface area contributed by atoms with Crippen LogP contribution >= 0.6 is 0 Å². The molecule has 0 unspecified atom stereocenters. The maximum absolute atomic E-state index is 5.93. The van der Waals surface area contributed by atoms with Gasteiger partial charge in [0, 0.05) is 45.1 Å². The van der Waals surface area contributed by atoms with Gasteiger partial charge in [-0.1, -0.05) is 18.2 Å². The van der Waals surface area contributed by atoms with Gasteiger partial charge in [0.1, 0.15) is 11.6 Å². The summed E-state index contributed by atoms with van der Waals surface area (Å²) in [6.45, 7) is 6.20. The second kappa shape index (κ2) is 7.19. The Morgan fingerprint density at radius 2 is 1.93 bits per heavy atom. The Labute approximate surface area is 159 Å². The van der Waals surface area contributed by atoms with Gasteiger partial charge in [-0.2, -0.15) is 0 Å². The van der Waals surface area contributed by atoms with E-state index in [4.69, 9.17) is 4.74 Å². The molecule has 140 valence electrons. The van der Waals surface area contributed by atoms with E-state index < -0.39 is 0 Å². The quantitative estimate of drug-likeness (QED) is 0.715. The maximum atomic E-state index is 5.93. The normalized spacial score (nSPS) is 20.9. The van der Waals surface area contributed by atoms with Crippen molar-refractivity contribution in [2.75, 3.05) is 44.2 Å². The number of rotatable bonds is 3. The fourth-order valence-corrected chi connectivity index (χ4v) is 4.22. The van der Waals surface area contributed by atoms with E-state index in [1.165, 1.54) is 5.56 Å². The van der Waals surface area contributed by atoms with Gasteiger partial charge in [0.05, 0.1) is 6.61 Å². The summed E-state index contributed by atoms with van der Waals surface area (Å²) in [5.41, 5.74) is 2.25. The van der Waals surface area contributed by atoms with E-state index in [1.807, 2.05) is 16.8 Å². The van der Waals surface area contributed by atoms with Crippen LogP contribution in [0.15, 0.2) is 48.8 Å². The number of piperazine rings is 1. The van der Waals surface area contributed by atoms with Crippen LogP contribution in [0.2, 0.25) is 0 Å². The number of aromatic nitrogens is 3. The molecule has 2 aliphatic rings. The number of ether oxygens (including phenoxy) is 1. The van der Waals surface area contributed by atoms with Crippen LogP contribution in [-0.4, -0.2) is 58.8 Å². The first kappa shape index (κ1) is 16.6. The lowest BCUT2D eigenvalue weighted by Crippen LogP contribution is -2.48. The smallest absolute Gasteiger partial charge is 0.153 e. The number of nitrogens with zero attached hydrogens (tertiary/aromatic N) is 5. The second-order valence-electron chi connectivity index (χ2n) is 7.52. The molecule has 6 heteroatoms. The van der Waals surface area contributed by atoms with Crippen molar-refractivity contribution in [1.29, 1.82) is 0 Å². The van der Waals surface area contributed by atoms with Crippen molar-refractivity contribution in [3.63, 3.8) is 0 Å². The summed E-state index contributed by atoms with van der Waals surface area (Å²) in [5.74, 6) is 2.78. The molecule has 6 nitrogen and oxygen atoms in total. The van der Waals surface area contributed by atoms with Crippen molar-refractivity contribution < 1.29 is 4.74 Å². The van der Waals surface area contributed by atoms with Gasteiger partial charge in [-0.3, -0.25) is 4.90 Å². The number of fused-ring (bicyclic) bond motifs is 2. The van der Waals surface area contributed by atoms with E-state index in [1.54, 1.807) is 6.20 Å². The third-order valence-electron chi connectivity index (χ3n) is 5.72. The molecule has 5 rings (SSSR count). The van der Waals surface area contributed by atoms with Crippen LogP contribution in [-0.2, 0) is 6.42 Å². The molecule has 0 spiro atoms. The van der Waals surface area contributed by atoms with Crippen LogP contribution in [0.3, 0.4) is 0 Å². The van der Waals surface area contributed by atoms with Crippen molar-refractivity contribution in [2.24, 2.45) is 5.92 Å². The lowest BCUT2D eigenvalue weighted by atomic mass is 9.96. The van der Waals surface area contributed by atoms with Gasteiger partial charge in [-0.15, -0.1) is 5.10 Å². The van der Waals surface area contributed by atoms with Gasteiger partial charge in [0.25, 0.3) is 0 Å². The Morgan fingerprint density at radius 1 is 1.04 bits per heavy atom. The first-order valence-corrected chi connectivity index (χ1v) is 9.83. The van der Waals surface area contributed by atoms with Crippen molar-refractivity contribution in [2.45, 2.75) is 12.8 Å². The summed E-state index contributed by atoms with van der Waals surface area (Å²) in [5, 5.41) is 4.68. The predicted molar refractivity (Wildman–Crippen MR) is 105 cm³/mol. The SMILES string of the molecule is c1ccc2c(c1)C[C@@H](CN1CCN(c3ccc4nccn4n3)CC1)CCO2. The number of hydrogen-bond donors (Lipinski definition) is 0. The summed E-state index contributed by atoms with van der Waals surface area (Å²) in [6, 6.07) is 12.6. The van der Waals surface area contributed by atoms with Gasteiger partial charge in [0.15, 0.2) is 5.65 Å². The maximum Gasteiger partial charge on any atom is 0.153 e. The van der Waals surface area contributed by atoms with Crippen molar-refractivity contribution in [3.05, 3.63) is 54.4 Å². The zero-order chi connectivity index (χ0) is 18.1. The Balaban J connectivity index is 1.19. The molecule has 1 saturated heterocycles. The molecule has 0 N–H and O–H groups in total. The third-order valence-corrected chi connectivity index (χ3v) is 5.72. The van der Waals surface area contributed by atoms with Gasteiger partial charge in [0.2, 0.25) is 0 Å². The van der Waals surface area contributed by atoms with Crippen molar-refractivity contribution >= 4 is 11.5 Å². The van der Waals surface area contributed by atoms with Gasteiger partial charge in [-0.25, -0.2) is 9.50 Å². The lowest BCUT2D eigenvalue weighted by Gasteiger charge is -2.36. The van der Waals surface area contributed by atoms with Crippen molar-refractivity contribution in [1.82, 2.24) is 19.5 Å². The number of benzene rings is 1. The first-order valence-electron chi connectivity index (χ1n) is 9.83. The minimum atomic E-state index is 0.667. The van der Waals surface area contributed by atoms with Crippen LogP contribution in [0.4, 0.5) is 5.82 Å². The molecule has 0 saturated carbocycles. The molecule has 0 radical (unpaired) electrons. The molecular formula is C21H25N5O. The average molecular weight is 363 g/mol. The molecule has 0 aliphatic carbocycles. The highest BCUT2D eigenvalue weighted by Gasteiger charge is 2.23. The molecule has 1 atom stereocenters. The minimum Gasteiger partial charge on any atom is -0.493 e. The summed E-state index contributed by atoms with van der Waals surface area (Å²) >= 11 is 0. The summed E-state index contributed by atoms with van der Waals surface area (Å²) < 4.78 is 7.78. The second-order valence-corrected chi connectivity index (χ2v) is 7.52. The van der Waals surface area contributed by atoms with E-state index in [0.717, 1.165) is 69.4 Å². The van der Waals surface area contributed by atoms with Gasteiger partial charge in [-0.05, 0) is 42.5 Å². The van der Waals surface area contributed by atoms with E-state index in [9.17, 15) is 0 Å². The number of hydrogen-bond acceptors (Lipinski definition) is 5. The summed E-state index contributed by atoms with van der Waals surface area (Å²) in [7, 11) is 0. The molecule has 27 heavy (non-hydrogen) atoms. The molecule has 1 aromatic carbocycles. The Hall–Kier alpha value is -2.60. The Morgan fingerprint density at radius 3 is 2.85 bits per heavy atom. The topological polar surface area (TPSA) is 45.9 Å². The van der Waals surface area contributed by atoms with Crippen LogP contribution in [0.5, 0.6) is 5.75 Å². The summed E-state index contributed by atoms with van der Waals surface area (Å²) in [6.07, 6.45) is 5.95. The first-order chi connectivity index (χ1) is 13.3. The molecule has 0 amide bonds. The standard InChI is InChI=1S/C21H25N5O/c1-2-4-19-18(3-1)15-17(7-14-27-19)16-24-10-12-25(13-11-24)21-6-5-20-22-8-9-26(20)23-21/h1-6,8-9,17H,7,10-16H2/t17-/m0/s1. The highest BCUT2D eigenvalue weighted by molar-refractivity contribution is 5.46. The molecule has 2 aliphatic heterocycles. The number of imidazole rings is 1. The Kier molecular flexibility index (Phi) is 4.41. The van der Waals surface area contributed by atoms with Gasteiger partial charge >= 0.3 is 0 Å². The molecule has 3 aromatic rings. The monoisotopic (exact) mass is 363 g/mol. The van der Waals surface area contributed by atoms with Crippen LogP contribution in [0.1, 0.15) is 12.0 Å². The van der Waals surface area contributed by atoms with E-state index >= 15 is 0 Å². The number of para-hydroxylation sites is 1. The van der Waals surface area contributed by atoms with E-state index in [2.05, 4.69) is 50.2 Å². The highest BCUT2D eigenvalue weighted by Crippen LogP contribution is 2.27. The Bertz CT molecular complexity index is 916. The molecule has 0 bridgehead atoms. The molecule has 1 fully saturated rings. The summed E-state index contributed by atoms with van der Waals surface area (Å²) in [4.78, 5) is 9.25. The van der Waals surface area contributed by atoms with Crippen LogP contribution in [0, 0.1) is 5.92 Å². The fraction of sp³-hybridized carbons (Fsp3) is 0.429. The molecule has 4 heterocycles. The minimum absolute atomic E-state index is 0.667. The zero-order valence-corrected chi connectivity index (χ0v) is 15.5. The van der Waals surface area contributed by atoms with Crippen LogP contribution < -0.4 is 9.64 Å². The van der Waals surface area contributed by atoms with Crippen molar-refractivity contribution in [3.8, 4) is 5.75 Å². The van der Waals surface area contributed by atoms with Gasteiger partial charge < -0.3 is 9.64 Å².